The smallest absolute Gasteiger partial charge is 0.411 e. The van der Waals surface area contributed by atoms with E-state index in [1.165, 1.54) is 6.07 Å². The average molecular weight is 448 g/mol. The average Bonchev–Trinajstić information content (AvgIpc) is 3.15. The van der Waals surface area contributed by atoms with Gasteiger partial charge in [0, 0.05) is 12.5 Å². The molecule has 0 saturated carbocycles. The second-order valence-corrected chi connectivity index (χ2v) is 7.93. The van der Waals surface area contributed by atoms with Gasteiger partial charge in [0.2, 0.25) is 0 Å². The molecule has 1 aliphatic rings. The number of aliphatic carboxylic acids is 1. The van der Waals surface area contributed by atoms with Crippen molar-refractivity contribution in [3.63, 3.8) is 0 Å². The van der Waals surface area contributed by atoms with Gasteiger partial charge in [-0.3, -0.25) is 9.88 Å². The number of aromatic nitrogens is 1. The fourth-order valence-corrected chi connectivity index (χ4v) is 4.73. The number of rotatable bonds is 7. The molecule has 6 nitrogen and oxygen atoms in total. The van der Waals surface area contributed by atoms with E-state index in [1.807, 2.05) is 48.5 Å². The van der Waals surface area contributed by atoms with Crippen LogP contribution < -0.4 is 0 Å². The minimum Gasteiger partial charge on any atom is -0.479 e. The molecule has 1 N–H and O–H groups in total. The molecule has 1 amide bonds. The number of carboxylic acids is 1. The topological polar surface area (TPSA) is 79.7 Å². The van der Waals surface area contributed by atoms with Crippen LogP contribution in [0.5, 0.6) is 0 Å². The van der Waals surface area contributed by atoms with E-state index in [0.717, 1.165) is 39.4 Å². The normalized spacial score (nSPS) is 14.2. The van der Waals surface area contributed by atoms with Crippen molar-refractivity contribution in [2.45, 2.75) is 31.7 Å². The molecule has 3 aromatic rings. The standard InChI is InChI=1S/C26H25FN2O4/c1-3-26(24(30)31,23-14-13-17(27)15-28-23)29(4-2)25(32)33-16-22-20-11-7-5-9-18(20)19-10-6-8-12-21(19)22/h5-15,22H,3-4,16H2,1-2H3,(H,30,31). The van der Waals surface area contributed by atoms with E-state index in [9.17, 15) is 19.1 Å². The quantitative estimate of drug-likeness (QED) is 0.539. The maximum Gasteiger partial charge on any atom is 0.411 e. The Morgan fingerprint density at radius 3 is 2.12 bits per heavy atom. The number of carbonyl (C=O) groups excluding carboxylic acids is 1. The van der Waals surface area contributed by atoms with Gasteiger partial charge in [-0.2, -0.15) is 0 Å². The predicted octanol–water partition coefficient (Wildman–Crippen LogP) is 5.18. The van der Waals surface area contributed by atoms with Gasteiger partial charge in [-0.25, -0.2) is 14.0 Å². The molecule has 1 atom stereocenters. The summed E-state index contributed by atoms with van der Waals surface area (Å²) in [5.74, 6) is -1.98. The number of hydrogen-bond acceptors (Lipinski definition) is 4. The molecule has 0 radical (unpaired) electrons. The largest absolute Gasteiger partial charge is 0.479 e. The van der Waals surface area contributed by atoms with Gasteiger partial charge in [-0.1, -0.05) is 55.5 Å². The molecule has 33 heavy (non-hydrogen) atoms. The lowest BCUT2D eigenvalue weighted by Gasteiger charge is -2.38. The Kier molecular flexibility index (Phi) is 6.14. The third kappa shape index (κ3) is 3.73. The van der Waals surface area contributed by atoms with E-state index in [2.05, 4.69) is 4.98 Å². The highest BCUT2D eigenvalue weighted by Crippen LogP contribution is 2.44. The van der Waals surface area contributed by atoms with E-state index in [1.54, 1.807) is 13.8 Å². The molecule has 0 saturated heterocycles. The maximum atomic E-state index is 13.4. The fourth-order valence-electron chi connectivity index (χ4n) is 4.73. The Bertz CT molecular complexity index is 1140. The van der Waals surface area contributed by atoms with Crippen LogP contribution in [0.4, 0.5) is 9.18 Å². The first kappa shape index (κ1) is 22.5. The highest BCUT2D eigenvalue weighted by Gasteiger charge is 2.48. The highest BCUT2D eigenvalue weighted by molar-refractivity contribution is 5.85. The van der Waals surface area contributed by atoms with E-state index in [0.29, 0.717) is 0 Å². The van der Waals surface area contributed by atoms with Gasteiger partial charge in [0.05, 0.1) is 11.9 Å². The van der Waals surface area contributed by atoms with Crippen molar-refractivity contribution in [1.29, 1.82) is 0 Å². The maximum absolute atomic E-state index is 13.4. The number of ether oxygens (including phenoxy) is 1. The summed E-state index contributed by atoms with van der Waals surface area (Å²) in [5, 5.41) is 10.2. The number of carbonyl (C=O) groups is 2. The van der Waals surface area contributed by atoms with Crippen LogP contribution in [0.2, 0.25) is 0 Å². The number of amides is 1. The van der Waals surface area contributed by atoms with Gasteiger partial charge in [0.15, 0.2) is 5.54 Å². The van der Waals surface area contributed by atoms with E-state index < -0.39 is 23.4 Å². The van der Waals surface area contributed by atoms with E-state index >= 15 is 0 Å². The van der Waals surface area contributed by atoms with Crippen LogP contribution in [-0.4, -0.2) is 40.2 Å². The highest BCUT2D eigenvalue weighted by atomic mass is 19.1. The van der Waals surface area contributed by atoms with Crippen molar-refractivity contribution in [1.82, 2.24) is 9.88 Å². The third-order valence-corrected chi connectivity index (χ3v) is 6.35. The Balaban J connectivity index is 1.63. The Hall–Kier alpha value is -3.74. The minimum absolute atomic E-state index is 0.0407. The second-order valence-electron chi connectivity index (χ2n) is 7.93. The SMILES string of the molecule is CCN(C(=O)OCC1c2ccccc2-c2ccccc21)C(CC)(C(=O)O)c1ccc(F)cn1. The summed E-state index contributed by atoms with van der Waals surface area (Å²) in [6.07, 6.45) is 0.238. The summed E-state index contributed by atoms with van der Waals surface area (Å²) in [4.78, 5) is 30.8. The van der Waals surface area contributed by atoms with Crippen molar-refractivity contribution in [2.24, 2.45) is 0 Å². The van der Waals surface area contributed by atoms with Gasteiger partial charge in [0.1, 0.15) is 12.4 Å². The zero-order chi connectivity index (χ0) is 23.6. The Morgan fingerprint density at radius 2 is 1.64 bits per heavy atom. The Labute approximate surface area is 191 Å². The second kappa shape index (κ2) is 9.02. The molecule has 0 aliphatic heterocycles. The molecular formula is C26H25FN2O4. The molecule has 1 aliphatic carbocycles. The zero-order valence-corrected chi connectivity index (χ0v) is 18.5. The molecule has 4 rings (SSSR count). The minimum atomic E-state index is -1.77. The summed E-state index contributed by atoms with van der Waals surface area (Å²) in [7, 11) is 0. The van der Waals surface area contributed by atoms with Crippen molar-refractivity contribution in [3.8, 4) is 11.1 Å². The molecule has 7 heteroatoms. The number of hydrogen-bond donors (Lipinski definition) is 1. The van der Waals surface area contributed by atoms with Crippen molar-refractivity contribution in [2.75, 3.05) is 13.2 Å². The summed E-state index contributed by atoms with van der Waals surface area (Å²) in [6.45, 7) is 3.48. The Morgan fingerprint density at radius 1 is 1.03 bits per heavy atom. The molecule has 0 spiro atoms. The molecule has 0 fully saturated rings. The molecule has 1 unspecified atom stereocenters. The van der Waals surface area contributed by atoms with Crippen LogP contribution in [0.1, 0.15) is 43.0 Å². The summed E-state index contributed by atoms with van der Waals surface area (Å²) in [5.41, 5.74) is 2.64. The van der Waals surface area contributed by atoms with Crippen LogP contribution in [-0.2, 0) is 15.1 Å². The summed E-state index contributed by atoms with van der Waals surface area (Å²) >= 11 is 0. The molecule has 1 heterocycles. The molecule has 2 aromatic carbocycles. The number of pyridine rings is 1. The lowest BCUT2D eigenvalue weighted by molar-refractivity contribution is -0.152. The van der Waals surface area contributed by atoms with Gasteiger partial charge in [0.25, 0.3) is 0 Å². The van der Waals surface area contributed by atoms with Gasteiger partial charge >= 0.3 is 12.1 Å². The molecule has 1 aromatic heterocycles. The fraction of sp³-hybridized carbons (Fsp3) is 0.269. The first-order valence-electron chi connectivity index (χ1n) is 10.9. The van der Waals surface area contributed by atoms with Crippen LogP contribution >= 0.6 is 0 Å². The van der Waals surface area contributed by atoms with Crippen LogP contribution in [0.25, 0.3) is 11.1 Å². The van der Waals surface area contributed by atoms with Crippen molar-refractivity contribution in [3.05, 3.63) is 89.5 Å². The van der Waals surface area contributed by atoms with E-state index in [-0.39, 0.29) is 31.2 Å². The summed E-state index contributed by atoms with van der Waals surface area (Å²) < 4.78 is 19.2. The molecular weight excluding hydrogens is 423 g/mol. The van der Waals surface area contributed by atoms with Gasteiger partial charge < -0.3 is 9.84 Å². The van der Waals surface area contributed by atoms with Crippen molar-refractivity contribution >= 4 is 12.1 Å². The first-order valence-corrected chi connectivity index (χ1v) is 10.9. The first-order chi connectivity index (χ1) is 15.9. The lowest BCUT2D eigenvalue weighted by atomic mass is 9.89. The van der Waals surface area contributed by atoms with Crippen molar-refractivity contribution < 1.29 is 23.8 Å². The monoisotopic (exact) mass is 448 g/mol. The number of fused-ring (bicyclic) bond motifs is 3. The van der Waals surface area contributed by atoms with Crippen LogP contribution in [0, 0.1) is 5.82 Å². The predicted molar refractivity (Wildman–Crippen MR) is 121 cm³/mol. The van der Waals surface area contributed by atoms with Gasteiger partial charge in [-0.15, -0.1) is 0 Å². The van der Waals surface area contributed by atoms with Gasteiger partial charge in [-0.05, 0) is 47.7 Å². The lowest BCUT2D eigenvalue weighted by Crippen LogP contribution is -2.55. The number of likely N-dealkylation sites (N-methyl/N-ethyl adjacent to an activating group) is 1. The number of benzene rings is 2. The van der Waals surface area contributed by atoms with Crippen LogP contribution in [0.15, 0.2) is 66.9 Å². The number of carboxylic acid groups (broad SMARTS) is 1. The zero-order valence-electron chi connectivity index (χ0n) is 18.5. The van der Waals surface area contributed by atoms with E-state index in [4.69, 9.17) is 4.74 Å². The summed E-state index contributed by atoms with van der Waals surface area (Å²) in [6, 6.07) is 18.4. The number of halogens is 1. The third-order valence-electron chi connectivity index (χ3n) is 6.35. The van der Waals surface area contributed by atoms with Crippen LogP contribution in [0.3, 0.4) is 0 Å². The molecule has 0 bridgehead atoms. The number of nitrogens with zero attached hydrogens (tertiary/aromatic N) is 2. The molecule has 170 valence electrons.